The van der Waals surface area contributed by atoms with Gasteiger partial charge in [-0.05, 0) is 63.4 Å². The second kappa shape index (κ2) is 4.23. The number of rotatable bonds is 1. The maximum atomic E-state index is 13.1. The number of nitrogens with zero attached hydrogens (tertiary/aromatic N) is 1. The first-order valence-electron chi connectivity index (χ1n) is 6.83. The molecule has 1 aromatic carbocycles. The van der Waals surface area contributed by atoms with E-state index in [1.54, 1.807) is 12.1 Å². The Bertz CT molecular complexity index is 427. The van der Waals surface area contributed by atoms with Crippen molar-refractivity contribution in [2.75, 3.05) is 18.0 Å². The van der Waals surface area contributed by atoms with Crippen LogP contribution in [0.15, 0.2) is 24.3 Å². The molecule has 0 radical (unpaired) electrons. The lowest BCUT2D eigenvalue weighted by Gasteiger charge is -2.39. The summed E-state index contributed by atoms with van der Waals surface area (Å²) in [6, 6.07) is 7.58. The van der Waals surface area contributed by atoms with Crippen LogP contribution < -0.4 is 10.2 Å². The topological polar surface area (TPSA) is 15.3 Å². The summed E-state index contributed by atoms with van der Waals surface area (Å²) in [5, 5.41) is 3.49. The van der Waals surface area contributed by atoms with Gasteiger partial charge in [0.2, 0.25) is 0 Å². The van der Waals surface area contributed by atoms with Gasteiger partial charge in [-0.1, -0.05) is 0 Å². The molecule has 0 saturated carbocycles. The van der Waals surface area contributed by atoms with Crippen molar-refractivity contribution in [1.29, 1.82) is 0 Å². The highest BCUT2D eigenvalue weighted by molar-refractivity contribution is 5.52. The number of hydrogen-bond acceptors (Lipinski definition) is 2. The smallest absolute Gasteiger partial charge is 0.123 e. The van der Waals surface area contributed by atoms with Crippen LogP contribution in [0.1, 0.15) is 26.7 Å². The molecular formula is C15H21FN2. The van der Waals surface area contributed by atoms with Crippen molar-refractivity contribution >= 4 is 5.69 Å². The van der Waals surface area contributed by atoms with E-state index in [0.29, 0.717) is 6.04 Å². The van der Waals surface area contributed by atoms with Crippen LogP contribution in [0.5, 0.6) is 0 Å². The maximum absolute atomic E-state index is 13.1. The van der Waals surface area contributed by atoms with Gasteiger partial charge in [0.25, 0.3) is 0 Å². The number of benzene rings is 1. The van der Waals surface area contributed by atoms with E-state index in [9.17, 15) is 4.39 Å². The summed E-state index contributed by atoms with van der Waals surface area (Å²) in [4.78, 5) is 2.51. The van der Waals surface area contributed by atoms with E-state index in [-0.39, 0.29) is 11.4 Å². The van der Waals surface area contributed by atoms with Gasteiger partial charge in [-0.15, -0.1) is 0 Å². The summed E-state index contributed by atoms with van der Waals surface area (Å²) < 4.78 is 13.1. The fourth-order valence-corrected chi connectivity index (χ4v) is 3.79. The van der Waals surface area contributed by atoms with Crippen molar-refractivity contribution in [3.05, 3.63) is 30.1 Å². The molecule has 0 amide bonds. The van der Waals surface area contributed by atoms with Crippen molar-refractivity contribution < 1.29 is 4.39 Å². The van der Waals surface area contributed by atoms with E-state index in [0.717, 1.165) is 24.7 Å². The minimum Gasteiger partial charge on any atom is -0.363 e. The first kappa shape index (κ1) is 12.0. The van der Waals surface area contributed by atoms with Gasteiger partial charge < -0.3 is 10.2 Å². The summed E-state index contributed by atoms with van der Waals surface area (Å²) in [5.41, 5.74) is 1.33. The molecular weight excluding hydrogens is 227 g/mol. The monoisotopic (exact) mass is 248 g/mol. The average Bonchev–Trinajstić information content (AvgIpc) is 2.60. The van der Waals surface area contributed by atoms with Gasteiger partial charge in [0, 0.05) is 23.8 Å². The van der Waals surface area contributed by atoms with Crippen LogP contribution in [0.25, 0.3) is 0 Å². The van der Waals surface area contributed by atoms with Crippen LogP contribution in [0.3, 0.4) is 0 Å². The second-order valence-corrected chi connectivity index (χ2v) is 6.18. The Morgan fingerprint density at radius 1 is 1.28 bits per heavy atom. The summed E-state index contributed by atoms with van der Waals surface area (Å²) in [7, 11) is 0. The summed E-state index contributed by atoms with van der Waals surface area (Å²) in [6.45, 7) is 6.81. The minimum absolute atomic E-state index is 0.155. The largest absolute Gasteiger partial charge is 0.363 e. The molecule has 2 aliphatic rings. The van der Waals surface area contributed by atoms with E-state index in [1.165, 1.54) is 12.8 Å². The minimum atomic E-state index is -0.155. The Hall–Kier alpha value is -1.09. The lowest BCUT2D eigenvalue weighted by Crippen LogP contribution is -2.47. The molecule has 0 aliphatic carbocycles. The van der Waals surface area contributed by atoms with E-state index in [1.807, 2.05) is 12.1 Å². The predicted molar refractivity (Wildman–Crippen MR) is 72.3 cm³/mol. The summed E-state index contributed by atoms with van der Waals surface area (Å²) in [5.74, 6) is 0.566. The number of nitrogens with one attached hydrogen (secondary N) is 1. The van der Waals surface area contributed by atoms with Crippen LogP contribution in [0, 0.1) is 11.7 Å². The molecule has 1 aromatic rings. The van der Waals surface area contributed by atoms with E-state index >= 15 is 0 Å². The van der Waals surface area contributed by atoms with Crippen molar-refractivity contribution in [2.24, 2.45) is 5.92 Å². The number of piperidine rings is 1. The lowest BCUT2D eigenvalue weighted by molar-refractivity contribution is 0.359. The Labute approximate surface area is 108 Å². The SMILES string of the molecule is CC1(C)C[C@@H]2CNCC[C@@H]2N1c1ccc(F)cc1. The van der Waals surface area contributed by atoms with Gasteiger partial charge in [0.15, 0.2) is 0 Å². The third kappa shape index (κ3) is 1.91. The zero-order valence-electron chi connectivity index (χ0n) is 11.1. The Kier molecular flexibility index (Phi) is 2.81. The molecule has 3 rings (SSSR count). The number of fused-ring (bicyclic) bond motifs is 1. The van der Waals surface area contributed by atoms with Crippen LogP contribution in [0.4, 0.5) is 10.1 Å². The zero-order valence-corrected chi connectivity index (χ0v) is 11.1. The molecule has 2 aliphatic heterocycles. The van der Waals surface area contributed by atoms with Gasteiger partial charge in [0.1, 0.15) is 5.82 Å². The van der Waals surface area contributed by atoms with Gasteiger partial charge >= 0.3 is 0 Å². The van der Waals surface area contributed by atoms with E-state index < -0.39 is 0 Å². The quantitative estimate of drug-likeness (QED) is 0.822. The summed E-state index contributed by atoms with van der Waals surface area (Å²) in [6.07, 6.45) is 2.40. The van der Waals surface area contributed by atoms with Gasteiger partial charge in [0.05, 0.1) is 0 Å². The molecule has 0 aromatic heterocycles. The Balaban J connectivity index is 1.95. The van der Waals surface area contributed by atoms with Crippen LogP contribution in [-0.4, -0.2) is 24.7 Å². The molecule has 0 spiro atoms. The molecule has 2 nitrogen and oxygen atoms in total. The second-order valence-electron chi connectivity index (χ2n) is 6.18. The van der Waals surface area contributed by atoms with Gasteiger partial charge in [-0.25, -0.2) is 4.39 Å². The predicted octanol–water partition coefficient (Wildman–Crippen LogP) is 2.79. The van der Waals surface area contributed by atoms with Crippen LogP contribution >= 0.6 is 0 Å². The van der Waals surface area contributed by atoms with Crippen molar-refractivity contribution in [2.45, 2.75) is 38.3 Å². The van der Waals surface area contributed by atoms with Crippen LogP contribution in [0.2, 0.25) is 0 Å². The first-order chi connectivity index (χ1) is 8.58. The molecule has 0 bridgehead atoms. The van der Waals surface area contributed by atoms with Crippen molar-refractivity contribution in [3.8, 4) is 0 Å². The van der Waals surface area contributed by atoms with Gasteiger partial charge in [-0.2, -0.15) is 0 Å². The first-order valence-corrected chi connectivity index (χ1v) is 6.83. The van der Waals surface area contributed by atoms with Gasteiger partial charge in [-0.3, -0.25) is 0 Å². The molecule has 2 atom stereocenters. The fourth-order valence-electron chi connectivity index (χ4n) is 3.79. The Morgan fingerprint density at radius 2 is 2.00 bits per heavy atom. The highest BCUT2D eigenvalue weighted by Gasteiger charge is 2.46. The molecule has 0 unspecified atom stereocenters. The maximum Gasteiger partial charge on any atom is 0.123 e. The molecule has 1 N–H and O–H groups in total. The van der Waals surface area contributed by atoms with E-state index in [4.69, 9.17) is 0 Å². The number of anilines is 1. The Morgan fingerprint density at radius 3 is 2.72 bits per heavy atom. The molecule has 2 saturated heterocycles. The number of halogens is 1. The average molecular weight is 248 g/mol. The zero-order chi connectivity index (χ0) is 12.8. The molecule has 3 heteroatoms. The molecule has 18 heavy (non-hydrogen) atoms. The fraction of sp³-hybridized carbons (Fsp3) is 0.600. The van der Waals surface area contributed by atoms with Crippen molar-refractivity contribution in [1.82, 2.24) is 5.32 Å². The van der Waals surface area contributed by atoms with Crippen LogP contribution in [-0.2, 0) is 0 Å². The van der Waals surface area contributed by atoms with Crippen molar-refractivity contribution in [3.63, 3.8) is 0 Å². The number of hydrogen-bond donors (Lipinski definition) is 1. The highest BCUT2D eigenvalue weighted by Crippen LogP contribution is 2.43. The molecule has 2 heterocycles. The standard InChI is InChI=1S/C15H21FN2/c1-15(2)9-11-10-17-8-7-14(11)18(15)13-5-3-12(16)4-6-13/h3-6,11,14,17H,7-10H2,1-2H3/t11-,14+/m1/s1. The third-order valence-electron chi connectivity index (χ3n) is 4.42. The van der Waals surface area contributed by atoms with E-state index in [2.05, 4.69) is 24.1 Å². The lowest BCUT2D eigenvalue weighted by atomic mass is 9.91. The third-order valence-corrected chi connectivity index (χ3v) is 4.42. The highest BCUT2D eigenvalue weighted by atomic mass is 19.1. The molecule has 2 fully saturated rings. The molecule has 98 valence electrons. The summed E-state index contributed by atoms with van der Waals surface area (Å²) >= 11 is 0. The normalized spacial score (nSPS) is 30.3.